The molecule has 1 N–H and O–H groups in total. The Morgan fingerprint density at radius 2 is 1.93 bits per heavy atom. The molecule has 27 heavy (non-hydrogen) atoms. The van der Waals surface area contributed by atoms with E-state index in [1.165, 1.54) is 18.7 Å². The summed E-state index contributed by atoms with van der Waals surface area (Å²) in [6, 6.07) is 12.9. The minimum atomic E-state index is -0.360. The van der Waals surface area contributed by atoms with E-state index in [4.69, 9.17) is 21.4 Å². The topological polar surface area (TPSA) is 39.1 Å². The number of ether oxygens (including phenoxy) is 1. The minimum absolute atomic E-state index is 0.249. The Bertz CT molecular complexity index is 953. The molecule has 6 heteroatoms. The molecule has 1 aliphatic heterocycles. The number of benzene rings is 2. The molecular formula is C21H21ClFN3O. The number of nitrogens with one attached hydrogen (secondary N) is 1. The van der Waals surface area contributed by atoms with Gasteiger partial charge in [0.05, 0.1) is 25.0 Å². The van der Waals surface area contributed by atoms with E-state index in [1.54, 1.807) is 6.07 Å². The SMILES string of the molecule is COc1ccc(Cn2nc3c(c2-c2ccc(Cl)cc2)CCNCC3)cc1F. The first-order valence-corrected chi connectivity index (χ1v) is 9.41. The zero-order chi connectivity index (χ0) is 18.8. The zero-order valence-electron chi connectivity index (χ0n) is 15.1. The van der Waals surface area contributed by atoms with Crippen molar-refractivity contribution in [2.45, 2.75) is 19.4 Å². The quantitative estimate of drug-likeness (QED) is 0.735. The summed E-state index contributed by atoms with van der Waals surface area (Å²) >= 11 is 6.07. The van der Waals surface area contributed by atoms with Crippen LogP contribution in [-0.2, 0) is 19.4 Å². The Morgan fingerprint density at radius 1 is 1.15 bits per heavy atom. The predicted octanol–water partition coefficient (Wildman–Crippen LogP) is 4.09. The van der Waals surface area contributed by atoms with E-state index in [2.05, 4.69) is 5.32 Å². The lowest BCUT2D eigenvalue weighted by Crippen LogP contribution is -2.17. The number of nitrogens with zero attached hydrogens (tertiary/aromatic N) is 2. The lowest BCUT2D eigenvalue weighted by atomic mass is 10.0. The van der Waals surface area contributed by atoms with Gasteiger partial charge in [-0.3, -0.25) is 4.68 Å². The molecule has 0 radical (unpaired) electrons. The lowest BCUT2D eigenvalue weighted by Gasteiger charge is -2.11. The van der Waals surface area contributed by atoms with Gasteiger partial charge in [-0.25, -0.2) is 4.39 Å². The van der Waals surface area contributed by atoms with Gasteiger partial charge in [-0.1, -0.05) is 29.8 Å². The number of hydrogen-bond donors (Lipinski definition) is 1. The molecule has 2 aromatic carbocycles. The van der Waals surface area contributed by atoms with Gasteiger partial charge in [-0.15, -0.1) is 0 Å². The van der Waals surface area contributed by atoms with Crippen molar-refractivity contribution >= 4 is 11.6 Å². The molecule has 1 aliphatic rings. The third-order valence-electron chi connectivity index (χ3n) is 4.89. The van der Waals surface area contributed by atoms with E-state index >= 15 is 0 Å². The molecule has 0 aliphatic carbocycles. The molecule has 0 saturated heterocycles. The van der Waals surface area contributed by atoms with Crippen LogP contribution in [-0.4, -0.2) is 30.0 Å². The van der Waals surface area contributed by atoms with Gasteiger partial charge in [0.2, 0.25) is 0 Å². The first kappa shape index (κ1) is 18.0. The maximum absolute atomic E-state index is 14.1. The molecule has 4 rings (SSSR count). The van der Waals surface area contributed by atoms with Crippen molar-refractivity contribution in [3.8, 4) is 17.0 Å². The Labute approximate surface area is 162 Å². The molecule has 1 aromatic heterocycles. The maximum atomic E-state index is 14.1. The predicted molar refractivity (Wildman–Crippen MR) is 105 cm³/mol. The molecule has 2 heterocycles. The number of fused-ring (bicyclic) bond motifs is 1. The molecule has 0 spiro atoms. The van der Waals surface area contributed by atoms with Crippen molar-refractivity contribution in [2.75, 3.05) is 20.2 Å². The average Bonchev–Trinajstić information content (AvgIpc) is 2.84. The summed E-state index contributed by atoms with van der Waals surface area (Å²) in [7, 11) is 1.47. The zero-order valence-corrected chi connectivity index (χ0v) is 15.9. The largest absolute Gasteiger partial charge is 0.494 e. The first-order chi connectivity index (χ1) is 13.2. The van der Waals surface area contributed by atoms with Crippen LogP contribution in [0.2, 0.25) is 5.02 Å². The third-order valence-corrected chi connectivity index (χ3v) is 5.14. The van der Waals surface area contributed by atoms with Crippen LogP contribution in [0, 0.1) is 5.82 Å². The molecule has 0 unspecified atom stereocenters. The van der Waals surface area contributed by atoms with Crippen LogP contribution in [0.4, 0.5) is 4.39 Å². The smallest absolute Gasteiger partial charge is 0.165 e. The Kier molecular flexibility index (Phi) is 5.14. The summed E-state index contributed by atoms with van der Waals surface area (Å²) in [5.41, 5.74) is 5.38. The second-order valence-electron chi connectivity index (χ2n) is 6.66. The van der Waals surface area contributed by atoms with Gasteiger partial charge in [0, 0.05) is 29.1 Å². The van der Waals surface area contributed by atoms with Crippen LogP contribution in [0.15, 0.2) is 42.5 Å². The van der Waals surface area contributed by atoms with Gasteiger partial charge >= 0.3 is 0 Å². The number of aromatic nitrogens is 2. The molecule has 4 nitrogen and oxygen atoms in total. The van der Waals surface area contributed by atoms with Gasteiger partial charge in [0.1, 0.15) is 0 Å². The van der Waals surface area contributed by atoms with Crippen molar-refractivity contribution < 1.29 is 9.13 Å². The Morgan fingerprint density at radius 3 is 2.67 bits per heavy atom. The maximum Gasteiger partial charge on any atom is 0.165 e. The van der Waals surface area contributed by atoms with E-state index in [0.717, 1.165) is 48.4 Å². The van der Waals surface area contributed by atoms with Gasteiger partial charge < -0.3 is 10.1 Å². The average molecular weight is 386 g/mol. The van der Waals surface area contributed by atoms with Gasteiger partial charge in [-0.05, 0) is 42.8 Å². The molecule has 0 amide bonds. The lowest BCUT2D eigenvalue weighted by molar-refractivity contribution is 0.386. The van der Waals surface area contributed by atoms with Gasteiger partial charge in [0.25, 0.3) is 0 Å². The molecular weight excluding hydrogens is 365 g/mol. The summed E-state index contributed by atoms with van der Waals surface area (Å²) in [6.07, 6.45) is 1.81. The molecule has 0 atom stereocenters. The highest BCUT2D eigenvalue weighted by Gasteiger charge is 2.21. The second-order valence-corrected chi connectivity index (χ2v) is 7.09. The number of hydrogen-bond acceptors (Lipinski definition) is 3. The van der Waals surface area contributed by atoms with Crippen molar-refractivity contribution in [3.63, 3.8) is 0 Å². The van der Waals surface area contributed by atoms with Crippen LogP contribution in [0.3, 0.4) is 0 Å². The van der Waals surface area contributed by atoms with Crippen LogP contribution in [0.1, 0.15) is 16.8 Å². The minimum Gasteiger partial charge on any atom is -0.494 e. The number of methoxy groups -OCH3 is 1. The second kappa shape index (κ2) is 7.71. The van der Waals surface area contributed by atoms with Crippen molar-refractivity contribution in [1.82, 2.24) is 15.1 Å². The van der Waals surface area contributed by atoms with Crippen LogP contribution >= 0.6 is 11.6 Å². The van der Waals surface area contributed by atoms with Crippen molar-refractivity contribution in [3.05, 3.63) is 70.1 Å². The summed E-state index contributed by atoms with van der Waals surface area (Å²) in [4.78, 5) is 0. The fourth-order valence-electron chi connectivity index (χ4n) is 3.58. The van der Waals surface area contributed by atoms with E-state index in [9.17, 15) is 4.39 Å². The van der Waals surface area contributed by atoms with Crippen molar-refractivity contribution in [2.24, 2.45) is 0 Å². The Balaban J connectivity index is 1.77. The van der Waals surface area contributed by atoms with Gasteiger partial charge in [0.15, 0.2) is 11.6 Å². The molecule has 3 aromatic rings. The molecule has 0 bridgehead atoms. The Hall–Kier alpha value is -2.37. The van der Waals surface area contributed by atoms with E-state index < -0.39 is 0 Å². The monoisotopic (exact) mass is 385 g/mol. The fraction of sp³-hybridized carbons (Fsp3) is 0.286. The summed E-state index contributed by atoms with van der Waals surface area (Å²) in [5.74, 6) is -0.111. The van der Waals surface area contributed by atoms with E-state index in [1.807, 2.05) is 35.0 Å². The molecule has 0 saturated carbocycles. The standard InChI is InChI=1S/C21H21ClFN3O/c1-27-20-7-2-14(12-18(20)23)13-26-21(15-3-5-16(22)6-4-15)17-8-10-24-11-9-19(17)25-26/h2-7,12,24H,8-11,13H2,1H3. The van der Waals surface area contributed by atoms with Crippen LogP contribution < -0.4 is 10.1 Å². The van der Waals surface area contributed by atoms with Gasteiger partial charge in [-0.2, -0.15) is 5.10 Å². The molecule has 0 fully saturated rings. The van der Waals surface area contributed by atoms with Crippen LogP contribution in [0.5, 0.6) is 5.75 Å². The van der Waals surface area contributed by atoms with E-state index in [-0.39, 0.29) is 11.6 Å². The van der Waals surface area contributed by atoms with Crippen LogP contribution in [0.25, 0.3) is 11.3 Å². The van der Waals surface area contributed by atoms with Crippen molar-refractivity contribution in [1.29, 1.82) is 0 Å². The highest BCUT2D eigenvalue weighted by atomic mass is 35.5. The first-order valence-electron chi connectivity index (χ1n) is 9.03. The summed E-state index contributed by atoms with van der Waals surface area (Å²) < 4.78 is 21.1. The highest BCUT2D eigenvalue weighted by molar-refractivity contribution is 6.30. The fourth-order valence-corrected chi connectivity index (χ4v) is 3.71. The third kappa shape index (κ3) is 3.70. The summed E-state index contributed by atoms with van der Waals surface area (Å²) in [5, 5.41) is 8.99. The normalized spacial score (nSPS) is 13.9. The highest BCUT2D eigenvalue weighted by Crippen LogP contribution is 2.30. The molecule has 140 valence electrons. The number of rotatable bonds is 4. The van der Waals surface area contributed by atoms with E-state index in [0.29, 0.717) is 11.6 Å². The summed E-state index contributed by atoms with van der Waals surface area (Å²) in [6.45, 7) is 2.34. The number of halogens is 2.